The topological polar surface area (TPSA) is 201 Å². The Labute approximate surface area is 137 Å². The first kappa shape index (κ1) is 19.8. The molecule has 0 saturated heterocycles. The van der Waals surface area contributed by atoms with Crippen LogP contribution in [0.15, 0.2) is 0 Å². The molecule has 0 bridgehead atoms. The monoisotopic (exact) mass is 346 g/mol. The highest BCUT2D eigenvalue weighted by Gasteiger charge is 2.45. The molecule has 0 aromatic rings. The van der Waals surface area contributed by atoms with Gasteiger partial charge in [0, 0.05) is 0 Å². The Hall–Kier alpha value is -2.20. The van der Waals surface area contributed by atoms with Gasteiger partial charge in [-0.15, -0.1) is 0 Å². The number of rotatable bonds is 4. The summed E-state index contributed by atoms with van der Waals surface area (Å²) in [6.45, 7) is 0. The molecule has 0 spiro atoms. The summed E-state index contributed by atoms with van der Waals surface area (Å²) >= 11 is 0. The van der Waals surface area contributed by atoms with Gasteiger partial charge in [-0.1, -0.05) is 0 Å². The van der Waals surface area contributed by atoms with Crippen LogP contribution in [-0.4, -0.2) is 55.4 Å². The van der Waals surface area contributed by atoms with Crippen molar-refractivity contribution in [2.45, 2.75) is 49.6 Å². The van der Waals surface area contributed by atoms with Gasteiger partial charge < -0.3 is 31.9 Å². The van der Waals surface area contributed by atoms with Gasteiger partial charge in [-0.05, 0) is 38.5 Å². The van der Waals surface area contributed by atoms with Crippen molar-refractivity contribution in [1.29, 1.82) is 0 Å². The molecule has 10 nitrogen and oxygen atoms in total. The first-order valence-corrected chi connectivity index (χ1v) is 7.41. The molecule has 2 saturated carbocycles. The highest BCUT2D eigenvalue weighted by molar-refractivity contribution is 5.82. The van der Waals surface area contributed by atoms with E-state index in [9.17, 15) is 19.2 Å². The first-order valence-electron chi connectivity index (χ1n) is 7.41. The van der Waals surface area contributed by atoms with E-state index in [-0.39, 0.29) is 25.7 Å². The zero-order valence-electron chi connectivity index (χ0n) is 13.0. The van der Waals surface area contributed by atoms with E-state index in [0.717, 1.165) is 0 Å². The average Bonchev–Trinajstić information content (AvgIpc) is 3.05. The maximum atomic E-state index is 10.6. The largest absolute Gasteiger partial charge is 0.481 e. The molecule has 0 aliphatic heterocycles. The van der Waals surface area contributed by atoms with Crippen LogP contribution in [0.2, 0.25) is 0 Å². The third-order valence-corrected chi connectivity index (χ3v) is 4.65. The van der Waals surface area contributed by atoms with Gasteiger partial charge in [-0.3, -0.25) is 19.2 Å². The number of carbonyl (C=O) groups is 4. The van der Waals surface area contributed by atoms with Crippen LogP contribution in [0.4, 0.5) is 0 Å². The van der Waals surface area contributed by atoms with E-state index in [4.69, 9.17) is 31.9 Å². The van der Waals surface area contributed by atoms with Gasteiger partial charge in [-0.2, -0.15) is 0 Å². The minimum atomic E-state index is -1.32. The van der Waals surface area contributed by atoms with Gasteiger partial charge in [0.15, 0.2) is 0 Å². The maximum absolute atomic E-state index is 10.6. The Kier molecular flexibility index (Phi) is 5.90. The SMILES string of the molecule is N[C@@]1(C(=O)O)CC[C@H](C(=O)O)C1.N[C@]1(C(=O)O)CC[C@@H](C(=O)O)C1. The molecule has 0 amide bonds. The van der Waals surface area contributed by atoms with E-state index >= 15 is 0 Å². The lowest BCUT2D eigenvalue weighted by Gasteiger charge is -2.16. The van der Waals surface area contributed by atoms with Crippen LogP contribution in [0.1, 0.15) is 38.5 Å². The molecule has 2 rings (SSSR count). The molecule has 0 aromatic heterocycles. The molecule has 10 heteroatoms. The number of nitrogens with two attached hydrogens (primary N) is 2. The zero-order valence-corrected chi connectivity index (χ0v) is 13.0. The van der Waals surface area contributed by atoms with E-state index in [1.165, 1.54) is 0 Å². The van der Waals surface area contributed by atoms with Gasteiger partial charge in [0.25, 0.3) is 0 Å². The Morgan fingerprint density at radius 2 is 1.00 bits per heavy atom. The number of aliphatic carboxylic acids is 4. The zero-order chi connectivity index (χ0) is 18.7. The summed E-state index contributed by atoms with van der Waals surface area (Å²) in [6.07, 6.45) is 1.30. The molecular weight excluding hydrogens is 324 g/mol. The Morgan fingerprint density at radius 3 is 1.12 bits per heavy atom. The molecule has 0 radical (unpaired) electrons. The number of carboxylic acids is 4. The number of carboxylic acid groups (broad SMARTS) is 4. The smallest absolute Gasteiger partial charge is 0.323 e. The lowest BCUT2D eigenvalue weighted by Crippen LogP contribution is -2.45. The van der Waals surface area contributed by atoms with Gasteiger partial charge in [-0.25, -0.2) is 0 Å². The first-order chi connectivity index (χ1) is 10.9. The third-order valence-electron chi connectivity index (χ3n) is 4.65. The number of hydrogen-bond acceptors (Lipinski definition) is 6. The maximum Gasteiger partial charge on any atom is 0.323 e. The van der Waals surface area contributed by atoms with E-state index in [2.05, 4.69) is 0 Å². The van der Waals surface area contributed by atoms with Crippen molar-refractivity contribution in [2.75, 3.05) is 0 Å². The molecule has 2 fully saturated rings. The highest BCUT2D eigenvalue weighted by atomic mass is 16.4. The number of hydrogen-bond donors (Lipinski definition) is 6. The molecule has 24 heavy (non-hydrogen) atoms. The second kappa shape index (κ2) is 7.14. The molecule has 136 valence electrons. The summed E-state index contributed by atoms with van der Waals surface area (Å²) < 4.78 is 0. The lowest BCUT2D eigenvalue weighted by atomic mass is 9.98. The Morgan fingerprint density at radius 1 is 0.708 bits per heavy atom. The van der Waals surface area contributed by atoms with Gasteiger partial charge in [0.2, 0.25) is 0 Å². The normalized spacial score (nSPS) is 34.9. The summed E-state index contributed by atoms with van der Waals surface area (Å²) in [4.78, 5) is 42.1. The van der Waals surface area contributed by atoms with Crippen LogP contribution in [-0.2, 0) is 19.2 Å². The molecule has 0 heterocycles. The summed E-state index contributed by atoms with van der Waals surface area (Å²) in [5, 5.41) is 34.5. The van der Waals surface area contributed by atoms with Crippen LogP contribution in [0.3, 0.4) is 0 Å². The van der Waals surface area contributed by atoms with Crippen molar-refractivity contribution < 1.29 is 39.6 Å². The van der Waals surface area contributed by atoms with E-state index < -0.39 is 46.8 Å². The Balaban J connectivity index is 0.000000240. The predicted octanol–water partition coefficient (Wildman–Crippen LogP) is -0.694. The quantitative estimate of drug-likeness (QED) is 0.378. The van der Waals surface area contributed by atoms with Crippen molar-refractivity contribution >= 4 is 23.9 Å². The van der Waals surface area contributed by atoms with E-state index in [1.807, 2.05) is 0 Å². The summed E-state index contributed by atoms with van der Waals surface area (Å²) in [7, 11) is 0. The van der Waals surface area contributed by atoms with Crippen molar-refractivity contribution in [3.63, 3.8) is 0 Å². The lowest BCUT2D eigenvalue weighted by molar-refractivity contribution is -0.146. The highest BCUT2D eigenvalue weighted by Crippen LogP contribution is 2.33. The van der Waals surface area contributed by atoms with E-state index in [1.54, 1.807) is 0 Å². The van der Waals surface area contributed by atoms with Crippen LogP contribution >= 0.6 is 0 Å². The predicted molar refractivity (Wildman–Crippen MR) is 79.1 cm³/mol. The minimum absolute atomic E-state index is 0.0394. The summed E-state index contributed by atoms with van der Waals surface area (Å²) in [5.74, 6) is -5.30. The molecular formula is C14H22N2O8. The minimum Gasteiger partial charge on any atom is -0.481 e. The van der Waals surface area contributed by atoms with Gasteiger partial charge in [0.1, 0.15) is 11.1 Å². The van der Waals surface area contributed by atoms with Crippen molar-refractivity contribution in [3.8, 4) is 0 Å². The fourth-order valence-electron chi connectivity index (χ4n) is 2.96. The second-order valence-corrected chi connectivity index (χ2v) is 6.48. The molecule has 8 N–H and O–H groups in total. The van der Waals surface area contributed by atoms with Crippen LogP contribution in [0, 0.1) is 11.8 Å². The van der Waals surface area contributed by atoms with Crippen LogP contribution in [0.25, 0.3) is 0 Å². The van der Waals surface area contributed by atoms with Crippen molar-refractivity contribution in [1.82, 2.24) is 0 Å². The summed E-state index contributed by atoms with van der Waals surface area (Å²) in [5.41, 5.74) is 8.30. The molecule has 4 atom stereocenters. The van der Waals surface area contributed by atoms with E-state index in [0.29, 0.717) is 12.8 Å². The molecule has 2 aliphatic carbocycles. The van der Waals surface area contributed by atoms with Crippen molar-refractivity contribution in [2.24, 2.45) is 23.3 Å². The van der Waals surface area contributed by atoms with Gasteiger partial charge in [0.05, 0.1) is 11.8 Å². The molecule has 0 aromatic carbocycles. The third kappa shape index (κ3) is 4.42. The van der Waals surface area contributed by atoms with Crippen molar-refractivity contribution in [3.05, 3.63) is 0 Å². The average molecular weight is 346 g/mol. The van der Waals surface area contributed by atoms with Crippen LogP contribution < -0.4 is 11.5 Å². The Bertz CT molecular complexity index is 503. The van der Waals surface area contributed by atoms with Crippen LogP contribution in [0.5, 0.6) is 0 Å². The second-order valence-electron chi connectivity index (χ2n) is 6.48. The fourth-order valence-corrected chi connectivity index (χ4v) is 2.96. The van der Waals surface area contributed by atoms with Gasteiger partial charge >= 0.3 is 23.9 Å². The molecule has 2 aliphatic rings. The standard InChI is InChI=1S/2C7H11NO4/c2*8-7(6(11)12)2-1-4(3-7)5(9)10/h2*4H,1-3,8H2,(H,9,10)(H,11,12)/t2*4-,7-/m10/s1. The summed E-state index contributed by atoms with van der Waals surface area (Å²) in [6, 6.07) is 0. The molecule has 0 unspecified atom stereocenters. The fraction of sp³-hybridized carbons (Fsp3) is 0.714.